The summed E-state index contributed by atoms with van der Waals surface area (Å²) in [5, 5.41) is 1.64. The Bertz CT molecular complexity index is 777. The van der Waals surface area contributed by atoms with E-state index in [4.69, 9.17) is 21.9 Å². The molecule has 0 saturated heterocycles. The van der Waals surface area contributed by atoms with Crippen LogP contribution in [0.2, 0.25) is 5.02 Å². The van der Waals surface area contributed by atoms with Crippen LogP contribution in [0.3, 0.4) is 0 Å². The van der Waals surface area contributed by atoms with Gasteiger partial charge in [-0.1, -0.05) is 11.6 Å². The average Bonchev–Trinajstić information content (AvgIpc) is 2.81. The van der Waals surface area contributed by atoms with Crippen molar-refractivity contribution in [1.82, 2.24) is 10.4 Å². The highest BCUT2D eigenvalue weighted by atomic mass is 35.5. The van der Waals surface area contributed by atoms with Crippen molar-refractivity contribution in [2.45, 2.75) is 19.9 Å². The minimum absolute atomic E-state index is 0.225. The Morgan fingerprint density at radius 3 is 2.52 bits per heavy atom. The van der Waals surface area contributed by atoms with Crippen LogP contribution in [0.4, 0.5) is 0 Å². The minimum atomic E-state index is -0.225. The molecule has 0 aliphatic carbocycles. The van der Waals surface area contributed by atoms with E-state index in [1.807, 2.05) is 50.2 Å². The van der Waals surface area contributed by atoms with Crippen molar-refractivity contribution >= 4 is 22.6 Å². The van der Waals surface area contributed by atoms with Crippen molar-refractivity contribution < 1.29 is 4.42 Å². The third-order valence-electron chi connectivity index (χ3n) is 3.39. The van der Waals surface area contributed by atoms with E-state index >= 15 is 0 Å². The van der Waals surface area contributed by atoms with Gasteiger partial charge in [0.2, 0.25) is 0 Å². The summed E-state index contributed by atoms with van der Waals surface area (Å²) in [5.41, 5.74) is 6.52. The van der Waals surface area contributed by atoms with Crippen LogP contribution in [0.1, 0.15) is 28.8 Å². The fourth-order valence-electron chi connectivity index (χ4n) is 2.55. The molecule has 0 spiro atoms. The standard InChI is InChI=1S/C16H16ClN3O/c1-9-5-12(6-10(2)19-9)16(20-18)15-8-11-7-13(17)3-4-14(11)21-15/h3-8,16,20H,18H2,1-2H3. The summed E-state index contributed by atoms with van der Waals surface area (Å²) in [6, 6.07) is 11.3. The lowest BCUT2D eigenvalue weighted by Gasteiger charge is -2.14. The van der Waals surface area contributed by atoms with Gasteiger partial charge in [-0.05, 0) is 55.8 Å². The first-order valence-corrected chi connectivity index (χ1v) is 7.05. The van der Waals surface area contributed by atoms with Crippen molar-refractivity contribution in [3.8, 4) is 0 Å². The maximum atomic E-state index is 6.01. The van der Waals surface area contributed by atoms with E-state index < -0.39 is 0 Å². The Morgan fingerprint density at radius 1 is 1.14 bits per heavy atom. The molecule has 1 unspecified atom stereocenters. The molecule has 4 nitrogen and oxygen atoms in total. The predicted molar refractivity (Wildman–Crippen MR) is 84.1 cm³/mol. The molecular formula is C16H16ClN3O. The normalized spacial score (nSPS) is 12.8. The number of nitrogens with one attached hydrogen (secondary N) is 1. The third kappa shape index (κ3) is 2.78. The molecule has 2 heterocycles. The van der Waals surface area contributed by atoms with Crippen molar-refractivity contribution in [1.29, 1.82) is 0 Å². The summed E-state index contributed by atoms with van der Waals surface area (Å²) in [4.78, 5) is 4.38. The summed E-state index contributed by atoms with van der Waals surface area (Å²) >= 11 is 6.01. The lowest BCUT2D eigenvalue weighted by molar-refractivity contribution is 0.477. The van der Waals surface area contributed by atoms with E-state index in [9.17, 15) is 0 Å². The summed E-state index contributed by atoms with van der Waals surface area (Å²) in [6.45, 7) is 3.92. The number of halogens is 1. The number of hydrogen-bond donors (Lipinski definition) is 2. The number of nitrogens with two attached hydrogens (primary N) is 1. The van der Waals surface area contributed by atoms with Crippen molar-refractivity contribution in [3.05, 3.63) is 64.1 Å². The molecule has 21 heavy (non-hydrogen) atoms. The maximum Gasteiger partial charge on any atom is 0.134 e. The van der Waals surface area contributed by atoms with Gasteiger partial charge in [-0.2, -0.15) is 0 Å². The van der Waals surface area contributed by atoms with Crippen LogP contribution in [-0.2, 0) is 0 Å². The molecular weight excluding hydrogens is 286 g/mol. The predicted octanol–water partition coefficient (Wildman–Crippen LogP) is 3.65. The highest BCUT2D eigenvalue weighted by Crippen LogP contribution is 2.29. The Hall–Kier alpha value is -1.88. The van der Waals surface area contributed by atoms with Crippen LogP contribution < -0.4 is 11.3 Å². The second-order valence-electron chi connectivity index (χ2n) is 5.11. The Balaban J connectivity index is 2.08. The second kappa shape index (κ2) is 5.48. The SMILES string of the molecule is Cc1cc(C(NN)c2cc3cc(Cl)ccc3o2)cc(C)n1. The summed E-state index contributed by atoms with van der Waals surface area (Å²) in [6.07, 6.45) is 0. The molecule has 1 aromatic carbocycles. The number of aromatic nitrogens is 1. The number of hydrogen-bond acceptors (Lipinski definition) is 4. The molecule has 3 N–H and O–H groups in total. The molecule has 3 rings (SSSR count). The van der Waals surface area contributed by atoms with Gasteiger partial charge < -0.3 is 4.42 Å². The second-order valence-corrected chi connectivity index (χ2v) is 5.55. The van der Waals surface area contributed by atoms with Gasteiger partial charge in [0.25, 0.3) is 0 Å². The summed E-state index contributed by atoms with van der Waals surface area (Å²) in [7, 11) is 0. The van der Waals surface area contributed by atoms with E-state index in [1.54, 1.807) is 0 Å². The number of hydrazine groups is 1. The highest BCUT2D eigenvalue weighted by Gasteiger charge is 2.18. The highest BCUT2D eigenvalue weighted by molar-refractivity contribution is 6.31. The molecule has 0 aliphatic rings. The fraction of sp³-hybridized carbons (Fsp3) is 0.188. The molecule has 0 fully saturated rings. The van der Waals surface area contributed by atoms with Crippen LogP contribution in [0.25, 0.3) is 11.0 Å². The number of pyridine rings is 1. The first kappa shape index (κ1) is 14.1. The quantitative estimate of drug-likeness (QED) is 0.572. The molecule has 2 aromatic heterocycles. The van der Waals surface area contributed by atoms with E-state index in [-0.39, 0.29) is 6.04 Å². The van der Waals surface area contributed by atoms with Crippen molar-refractivity contribution in [2.24, 2.45) is 5.84 Å². The molecule has 0 amide bonds. The molecule has 0 saturated carbocycles. The maximum absolute atomic E-state index is 6.01. The molecule has 108 valence electrons. The Morgan fingerprint density at radius 2 is 1.86 bits per heavy atom. The van der Waals surface area contributed by atoms with Crippen LogP contribution in [0, 0.1) is 13.8 Å². The molecule has 0 radical (unpaired) electrons. The Kier molecular flexibility index (Phi) is 3.68. The number of nitrogens with zero attached hydrogens (tertiary/aromatic N) is 1. The third-order valence-corrected chi connectivity index (χ3v) is 3.62. The van der Waals surface area contributed by atoms with Gasteiger partial charge >= 0.3 is 0 Å². The van der Waals surface area contributed by atoms with Crippen molar-refractivity contribution in [2.75, 3.05) is 0 Å². The topological polar surface area (TPSA) is 64.1 Å². The smallest absolute Gasteiger partial charge is 0.134 e. The zero-order valence-electron chi connectivity index (χ0n) is 11.9. The summed E-state index contributed by atoms with van der Waals surface area (Å²) < 4.78 is 5.89. The van der Waals surface area contributed by atoms with Gasteiger partial charge in [0.05, 0.1) is 0 Å². The zero-order valence-corrected chi connectivity index (χ0v) is 12.6. The lowest BCUT2D eigenvalue weighted by Crippen LogP contribution is -2.28. The van der Waals surface area contributed by atoms with E-state index in [1.165, 1.54) is 0 Å². The molecule has 0 bridgehead atoms. The molecule has 3 aromatic rings. The first-order valence-electron chi connectivity index (χ1n) is 6.67. The van der Waals surface area contributed by atoms with E-state index in [0.29, 0.717) is 5.02 Å². The largest absolute Gasteiger partial charge is 0.459 e. The Labute approximate surface area is 127 Å². The number of aryl methyl sites for hydroxylation is 2. The van der Waals surface area contributed by atoms with Gasteiger partial charge in [-0.15, -0.1) is 0 Å². The first-order chi connectivity index (χ1) is 10.1. The minimum Gasteiger partial charge on any atom is -0.459 e. The van der Waals surface area contributed by atoms with Gasteiger partial charge in [-0.25, -0.2) is 5.43 Å². The van der Waals surface area contributed by atoms with E-state index in [2.05, 4.69) is 10.4 Å². The van der Waals surface area contributed by atoms with E-state index in [0.717, 1.165) is 33.7 Å². The number of fused-ring (bicyclic) bond motifs is 1. The molecule has 0 aliphatic heterocycles. The van der Waals surface area contributed by atoms with Crippen molar-refractivity contribution in [3.63, 3.8) is 0 Å². The molecule has 5 heteroatoms. The monoisotopic (exact) mass is 301 g/mol. The number of furan rings is 1. The summed E-state index contributed by atoms with van der Waals surface area (Å²) in [5.74, 6) is 6.48. The van der Waals surface area contributed by atoms with Gasteiger partial charge in [0.1, 0.15) is 17.4 Å². The molecule has 1 atom stereocenters. The van der Waals surface area contributed by atoms with Crippen LogP contribution in [0.5, 0.6) is 0 Å². The van der Waals surface area contributed by atoms with Gasteiger partial charge in [0.15, 0.2) is 0 Å². The van der Waals surface area contributed by atoms with Crippen LogP contribution in [0.15, 0.2) is 40.8 Å². The number of benzene rings is 1. The number of rotatable bonds is 3. The van der Waals surface area contributed by atoms with Crippen LogP contribution >= 0.6 is 11.6 Å². The lowest BCUT2D eigenvalue weighted by atomic mass is 10.0. The van der Waals surface area contributed by atoms with Crippen LogP contribution in [-0.4, -0.2) is 4.98 Å². The average molecular weight is 302 g/mol. The van der Waals surface area contributed by atoms with Gasteiger partial charge in [-0.3, -0.25) is 10.8 Å². The zero-order chi connectivity index (χ0) is 15.0. The van der Waals surface area contributed by atoms with Gasteiger partial charge in [0, 0.05) is 21.8 Å². The fourth-order valence-corrected chi connectivity index (χ4v) is 2.73.